The van der Waals surface area contributed by atoms with Gasteiger partial charge in [-0.3, -0.25) is 29.4 Å². The fourth-order valence-corrected chi connectivity index (χ4v) is 21.1. The number of methoxy groups -OCH3 is 12. The minimum Gasteiger partial charge on any atom is -0.493 e. The summed E-state index contributed by atoms with van der Waals surface area (Å²) in [5, 5.41) is 66.0. The van der Waals surface area contributed by atoms with Gasteiger partial charge < -0.3 is 87.5 Å². The number of fused-ring (bicyclic) bond motifs is 18. The second-order valence-corrected chi connectivity index (χ2v) is 39.7. The number of hydrogen-bond donors (Lipinski definition) is 6. The molecule has 0 spiro atoms. The van der Waals surface area contributed by atoms with E-state index < -0.39 is 205 Å². The molecule has 24 nitrogen and oxygen atoms in total. The number of ether oxygens (including phenoxy) is 12. The Balaban J connectivity index is 0.000000184. The van der Waals surface area contributed by atoms with Gasteiger partial charge in [0.05, 0.1) is 155 Å². The lowest BCUT2D eigenvalue weighted by Crippen LogP contribution is -2.48. The van der Waals surface area contributed by atoms with Crippen molar-refractivity contribution in [3.63, 3.8) is 0 Å². The molecule has 12 aliphatic heterocycles. The second-order valence-electron chi connectivity index (χ2n) is 39.7. The SMILES string of the molecule is [2H]c1c2c(c([2H])c(OC([2H])([2H])[2H])c1OC)C1CC(O)C(C([2H])([2H])C(C)(C([2H])([2H])[2H])C([2H])([2H])[2H])CN1CC2.[2H]c1c2c(c([2H])c(OC([2H])([2H])[2H])c1OC)C1CC(O)C(CC(C)C)CN1CC2.[2H]c1c2c(c([2H])c(OC([2H])([2H])[2H])c1OC)C1N(CC2)CC([2H])(CC(C)C)C([2H])(O)C1([2H])[2H].[2H]c1c2c(c([2H])c(OC)c1OC)C1CC(O)C(C([2H])([2H])C(C)(C([2H])([2H])[2H])C([2H])([2H])[2H])CN1CC2.[2H]c1c2c(c([2H])c(OC)c1OC)C1N(CC2)CC([2H])(CC(C)C)C([2H])(O)C1([2H])[2H].[2H]c1c2c(c([2H])c(OC)c1OC)C1N(CC2)CC([2H])(CC(C)C)C([2H])(O)C1([2H])[2H]. The Kier molecular flexibility index (Phi) is 21.2. The highest BCUT2D eigenvalue weighted by Gasteiger charge is 2.47. The van der Waals surface area contributed by atoms with Crippen molar-refractivity contribution in [2.45, 2.75) is 285 Å². The molecule has 18 unspecified atom stereocenters. The van der Waals surface area contributed by atoms with Crippen LogP contribution in [0, 0.1) is 69.9 Å². The molecule has 12 aliphatic rings. The maximum Gasteiger partial charge on any atom is 0.161 e. The van der Waals surface area contributed by atoms with Crippen LogP contribution in [0.5, 0.6) is 69.0 Å². The number of aliphatic hydroxyl groups excluding tert-OH is 3. The summed E-state index contributed by atoms with van der Waals surface area (Å²) in [6.07, 6.45) is -21.2. The van der Waals surface area contributed by atoms with Gasteiger partial charge in [0.2, 0.25) is 0 Å². The standard InChI is InChI=1S/2C20H31NO3.4C19H29NO3/c2*1-20(2,3)11-14-12-21-7-6-13-8-18(23-4)19(24-5)9-15(13)16(21)10-17(14)22;4*1-12(2)7-14-11-20-6-5-13-8-18(22-3)19(23-4)9-15(13)16(20)10-17(14)21/h2*8-9,14,16-17,22H,6-7,10-12H2,1-5H3;4*8-9,12,14,16-17,21H,5-7,10-11H2,1-4H3/i1D3,2D3,5D3,8D,9D,11D2;1D3,2D3,8D,9D,11D2;4D3,8D,9D,10D2,14D,17D;2*8D,9D,10D2,14D,17D;4D3,8D,9D. The zero-order chi connectivity index (χ0) is 144. The smallest absolute Gasteiger partial charge is 0.161 e. The molecule has 0 amide bonds. The van der Waals surface area contributed by atoms with Crippen LogP contribution in [-0.2, 0) is 38.5 Å². The molecule has 780 valence electrons. The predicted octanol–water partition coefficient (Wildman–Crippen LogP) is 19.0. The molecular formula is C116H178N6O18. The molecule has 0 saturated carbocycles. The molecule has 18 rings (SSSR count). The Hall–Kier alpha value is -7.56. The third-order valence-corrected chi connectivity index (χ3v) is 27.4. The van der Waals surface area contributed by atoms with Crippen LogP contribution in [0.25, 0.3) is 0 Å². The Labute approximate surface area is 908 Å². The van der Waals surface area contributed by atoms with Gasteiger partial charge in [0.1, 0.15) is 0 Å². The maximum atomic E-state index is 11.1. The van der Waals surface area contributed by atoms with Crippen LogP contribution in [-0.4, -0.2) is 260 Å². The number of aliphatic hydroxyl groups is 6. The highest BCUT2D eigenvalue weighted by molar-refractivity contribution is 5.55. The van der Waals surface area contributed by atoms with Gasteiger partial charge in [-0.1, -0.05) is 96.6 Å². The highest BCUT2D eigenvalue weighted by atomic mass is 16.5. The highest BCUT2D eigenvalue weighted by Crippen LogP contribution is 2.53. The normalized spacial score (nSPS) is 37.6. The van der Waals surface area contributed by atoms with Gasteiger partial charge in [-0.2, -0.15) is 0 Å². The Morgan fingerprint density at radius 2 is 0.507 bits per heavy atom. The van der Waals surface area contributed by atoms with Crippen molar-refractivity contribution in [1.82, 2.24) is 29.4 Å². The predicted molar refractivity (Wildman–Crippen MR) is 556 cm³/mol. The minimum atomic E-state index is -3.21. The van der Waals surface area contributed by atoms with E-state index in [4.69, 9.17) is 124 Å². The van der Waals surface area contributed by atoms with Gasteiger partial charge >= 0.3 is 0 Å². The molecular weight excluding hydrogens is 1770 g/mol. The fourth-order valence-electron chi connectivity index (χ4n) is 21.1. The first kappa shape index (κ1) is 61.1. The first-order valence-corrected chi connectivity index (χ1v) is 48.3. The lowest BCUT2D eigenvalue weighted by atomic mass is 9.75. The monoisotopic (exact) mass is 1990 g/mol. The third kappa shape index (κ3) is 26.3. The lowest BCUT2D eigenvalue weighted by molar-refractivity contribution is -0.0259. The molecule has 12 heterocycles. The molecule has 6 saturated heterocycles. The Morgan fingerprint density at radius 3 is 0.721 bits per heavy atom. The largest absolute Gasteiger partial charge is 0.493 e. The summed E-state index contributed by atoms with van der Waals surface area (Å²) < 4.78 is 466. The summed E-state index contributed by atoms with van der Waals surface area (Å²) in [6.45, 7) is 7.21. The molecule has 140 heavy (non-hydrogen) atoms. The topological polar surface area (TPSA) is 252 Å². The quantitative estimate of drug-likeness (QED) is 0.0369. The minimum absolute atomic E-state index is 0.00439. The molecule has 18 atom stereocenters. The van der Waals surface area contributed by atoms with Crippen LogP contribution in [0.3, 0.4) is 0 Å². The van der Waals surface area contributed by atoms with Crippen LogP contribution in [0.15, 0.2) is 72.5 Å². The average Bonchev–Trinajstić information content (AvgIpc) is 0.693. The zero-order valence-corrected chi connectivity index (χ0v) is 84.2. The molecule has 6 fully saturated rings. The Morgan fingerprint density at radius 1 is 0.307 bits per heavy atom. The number of nitrogens with zero attached hydrogens (tertiary/aromatic N) is 6. The van der Waals surface area contributed by atoms with Gasteiger partial charge in [0, 0.05) is 149 Å². The van der Waals surface area contributed by atoms with Crippen molar-refractivity contribution in [3.8, 4) is 69.0 Å². The van der Waals surface area contributed by atoms with Crippen molar-refractivity contribution in [2.75, 3.05) is 164 Å². The fraction of sp³-hybridized carbons (Fsp3) is 0.690. The number of hydrogen-bond acceptors (Lipinski definition) is 24. The van der Waals surface area contributed by atoms with Crippen LogP contribution in [0.1, 0.15) is 344 Å². The van der Waals surface area contributed by atoms with Gasteiger partial charge in [0.25, 0.3) is 0 Å². The van der Waals surface area contributed by atoms with Gasteiger partial charge in [-0.25, -0.2) is 0 Å². The molecule has 0 aromatic heterocycles. The molecule has 6 aromatic carbocycles. The summed E-state index contributed by atoms with van der Waals surface area (Å²) in [5.74, 6) is -8.40. The van der Waals surface area contributed by atoms with Gasteiger partial charge in [-0.05, 0) is 325 Å². The maximum absolute atomic E-state index is 11.1. The second kappa shape index (κ2) is 48.6. The van der Waals surface area contributed by atoms with Crippen LogP contribution < -0.4 is 56.8 Å². The van der Waals surface area contributed by atoms with Gasteiger partial charge in [-0.15, -0.1) is 0 Å². The molecule has 24 heteroatoms. The molecule has 0 aliphatic carbocycles. The van der Waals surface area contributed by atoms with Crippen molar-refractivity contribution in [1.29, 1.82) is 0 Å². The first-order valence-electron chi connectivity index (χ1n) is 72.8. The molecule has 0 radical (unpaired) electrons. The molecule has 0 bridgehead atoms. The zero-order valence-electron chi connectivity index (χ0n) is 133. The summed E-state index contributed by atoms with van der Waals surface area (Å²) in [6, 6.07) is -6.26. The van der Waals surface area contributed by atoms with Gasteiger partial charge in [0.15, 0.2) is 69.0 Å². The average molecular weight is 1990 g/mol. The Bertz CT molecular complexity index is 7290. The van der Waals surface area contributed by atoms with E-state index in [1.807, 2.05) is 46.4 Å². The van der Waals surface area contributed by atoms with E-state index in [0.29, 0.717) is 96.6 Å². The van der Waals surface area contributed by atoms with E-state index in [9.17, 15) is 30.6 Å². The van der Waals surface area contributed by atoms with E-state index in [2.05, 4.69) is 18.7 Å². The van der Waals surface area contributed by atoms with E-state index in [1.165, 1.54) is 64.0 Å². The summed E-state index contributed by atoms with van der Waals surface area (Å²) in [4.78, 5) is 10.9. The summed E-state index contributed by atoms with van der Waals surface area (Å²) in [7, 11) is 3.44. The molecule has 6 aromatic rings. The number of piperidine rings is 6. The van der Waals surface area contributed by atoms with Crippen LogP contribution >= 0.6 is 0 Å². The third-order valence-electron chi connectivity index (χ3n) is 27.4. The van der Waals surface area contributed by atoms with E-state index in [0.717, 1.165) is 33.4 Å². The van der Waals surface area contributed by atoms with E-state index in [1.54, 1.807) is 19.6 Å². The van der Waals surface area contributed by atoms with Crippen LogP contribution in [0.4, 0.5) is 0 Å². The number of rotatable bonds is 22. The summed E-state index contributed by atoms with van der Waals surface area (Å²) in [5.41, 5.74) is -0.814. The first-order chi connectivity index (χ1) is 86.2. The number of benzene rings is 6. The van der Waals surface area contributed by atoms with Crippen molar-refractivity contribution < 1.29 is 155 Å². The lowest BCUT2D eigenvalue weighted by Gasteiger charge is -2.47. The van der Waals surface area contributed by atoms with E-state index in [-0.39, 0.29) is 272 Å². The van der Waals surface area contributed by atoms with Crippen molar-refractivity contribution in [3.05, 3.63) is 139 Å². The van der Waals surface area contributed by atoms with Crippen molar-refractivity contribution in [2.24, 2.45) is 69.9 Å². The van der Waals surface area contributed by atoms with E-state index >= 15 is 0 Å². The van der Waals surface area contributed by atoms with Crippen LogP contribution in [0.2, 0.25) is 0 Å². The summed E-state index contributed by atoms with van der Waals surface area (Å²) >= 11 is 0. The molecule has 6 N–H and O–H groups in total. The van der Waals surface area contributed by atoms with Crippen molar-refractivity contribution >= 4 is 0 Å².